The molecule has 0 spiro atoms. The van der Waals surface area contributed by atoms with Crippen molar-refractivity contribution in [3.8, 4) is 0 Å². The Kier molecular flexibility index (Phi) is 36.2. The molecule has 13 nitrogen and oxygen atoms in total. The van der Waals surface area contributed by atoms with Gasteiger partial charge in [0.2, 0.25) is 11.8 Å². The number of carboxylic acids is 2. The van der Waals surface area contributed by atoms with E-state index in [1.54, 1.807) is 0 Å². The Labute approximate surface area is 313 Å². The molecule has 0 saturated carbocycles. The minimum atomic E-state index is -1.06. The standard InChI is InChI=1S/C39H72N2O11/c1-2-3-22-35(39(47)48)41-37(44)33-52-31-28-49-26-20-21-34(42)32-51-30-29-50-27-25-40-36(43)23-18-16-14-12-10-8-6-4-5-7-9-11-13-15-17-19-24-38(45)46/h35H,2-33H2,1H3,(H,40,43)(H,41,44)(H,45,46)(H,47,48). The van der Waals surface area contributed by atoms with Crippen LogP contribution in [0, 0.1) is 0 Å². The van der Waals surface area contributed by atoms with E-state index in [1.165, 1.54) is 70.6 Å². The molecular formula is C39H72N2O11. The summed E-state index contributed by atoms with van der Waals surface area (Å²) in [5, 5.41) is 23.1. The zero-order valence-corrected chi connectivity index (χ0v) is 32.3. The monoisotopic (exact) mass is 745 g/mol. The molecule has 0 aromatic heterocycles. The first-order valence-corrected chi connectivity index (χ1v) is 20.1. The molecule has 1 atom stereocenters. The Morgan fingerprint density at radius 1 is 0.500 bits per heavy atom. The molecule has 0 aromatic carbocycles. The van der Waals surface area contributed by atoms with Crippen molar-refractivity contribution in [1.82, 2.24) is 10.6 Å². The number of nitrogens with one attached hydrogen (secondary N) is 2. The van der Waals surface area contributed by atoms with E-state index in [0.717, 1.165) is 38.5 Å². The second kappa shape index (κ2) is 38.1. The predicted octanol–water partition coefficient (Wildman–Crippen LogP) is 6.38. The number of rotatable bonds is 41. The van der Waals surface area contributed by atoms with Gasteiger partial charge < -0.3 is 39.8 Å². The Hall–Kier alpha value is -2.61. The van der Waals surface area contributed by atoms with Crippen molar-refractivity contribution in [2.24, 2.45) is 0 Å². The van der Waals surface area contributed by atoms with Gasteiger partial charge in [-0.1, -0.05) is 110 Å². The minimum absolute atomic E-state index is 0.00963. The largest absolute Gasteiger partial charge is 0.481 e. The van der Waals surface area contributed by atoms with Crippen LogP contribution >= 0.6 is 0 Å². The van der Waals surface area contributed by atoms with Gasteiger partial charge in [0, 0.05) is 32.4 Å². The third-order valence-corrected chi connectivity index (χ3v) is 8.58. The molecule has 0 rings (SSSR count). The van der Waals surface area contributed by atoms with E-state index in [1.807, 2.05) is 6.92 Å². The average Bonchev–Trinajstić information content (AvgIpc) is 3.11. The number of ketones is 1. The molecule has 0 bridgehead atoms. The highest BCUT2D eigenvalue weighted by atomic mass is 16.5. The molecule has 1 unspecified atom stereocenters. The van der Waals surface area contributed by atoms with Crippen LogP contribution in [0.4, 0.5) is 0 Å². The van der Waals surface area contributed by atoms with E-state index < -0.39 is 23.9 Å². The highest BCUT2D eigenvalue weighted by Gasteiger charge is 2.19. The van der Waals surface area contributed by atoms with Gasteiger partial charge in [-0.3, -0.25) is 19.2 Å². The fourth-order valence-corrected chi connectivity index (χ4v) is 5.52. The van der Waals surface area contributed by atoms with Gasteiger partial charge in [-0.25, -0.2) is 4.79 Å². The summed E-state index contributed by atoms with van der Waals surface area (Å²) in [5.74, 6) is -2.20. The predicted molar refractivity (Wildman–Crippen MR) is 200 cm³/mol. The lowest BCUT2D eigenvalue weighted by Gasteiger charge is -2.14. The average molecular weight is 745 g/mol. The molecule has 0 aliphatic heterocycles. The second-order valence-corrected chi connectivity index (χ2v) is 13.5. The van der Waals surface area contributed by atoms with Crippen LogP contribution < -0.4 is 10.6 Å². The molecule has 0 aromatic rings. The summed E-state index contributed by atoms with van der Waals surface area (Å²) in [4.78, 5) is 57.5. The van der Waals surface area contributed by atoms with Gasteiger partial charge in [-0.05, 0) is 25.7 Å². The highest BCUT2D eigenvalue weighted by molar-refractivity contribution is 5.84. The van der Waals surface area contributed by atoms with Crippen molar-refractivity contribution in [3.05, 3.63) is 0 Å². The molecule has 2 amide bonds. The van der Waals surface area contributed by atoms with Crippen molar-refractivity contribution < 1.29 is 53.1 Å². The smallest absolute Gasteiger partial charge is 0.326 e. The fraction of sp³-hybridized carbons (Fsp3) is 0.872. The number of carbonyl (C=O) groups excluding carboxylic acids is 3. The van der Waals surface area contributed by atoms with Gasteiger partial charge in [0.05, 0.1) is 33.0 Å². The summed E-state index contributed by atoms with van der Waals surface area (Å²) in [7, 11) is 0. The van der Waals surface area contributed by atoms with E-state index in [4.69, 9.17) is 29.2 Å². The Bertz CT molecular complexity index is 904. The van der Waals surface area contributed by atoms with E-state index >= 15 is 0 Å². The normalized spacial score (nSPS) is 11.7. The maximum atomic E-state index is 12.0. The summed E-state index contributed by atoms with van der Waals surface area (Å²) < 4.78 is 21.5. The lowest BCUT2D eigenvalue weighted by Crippen LogP contribution is -2.42. The van der Waals surface area contributed by atoms with Gasteiger partial charge in [0.1, 0.15) is 19.3 Å². The lowest BCUT2D eigenvalue weighted by atomic mass is 10.0. The first-order valence-electron chi connectivity index (χ1n) is 20.1. The van der Waals surface area contributed by atoms with E-state index in [2.05, 4.69) is 10.6 Å². The van der Waals surface area contributed by atoms with E-state index in [0.29, 0.717) is 71.5 Å². The molecule has 0 aliphatic rings. The number of amides is 2. The number of carbonyl (C=O) groups is 5. The van der Waals surface area contributed by atoms with Gasteiger partial charge in [0.15, 0.2) is 5.78 Å². The molecule has 4 N–H and O–H groups in total. The minimum Gasteiger partial charge on any atom is -0.481 e. The molecule has 0 fully saturated rings. The number of aliphatic carboxylic acids is 2. The van der Waals surface area contributed by atoms with E-state index in [9.17, 15) is 24.0 Å². The van der Waals surface area contributed by atoms with Crippen LogP contribution in [-0.2, 0) is 42.9 Å². The van der Waals surface area contributed by atoms with E-state index in [-0.39, 0.29) is 38.1 Å². The molecule has 52 heavy (non-hydrogen) atoms. The van der Waals surface area contributed by atoms with Gasteiger partial charge in [-0.15, -0.1) is 0 Å². The van der Waals surface area contributed by atoms with Crippen molar-refractivity contribution >= 4 is 29.5 Å². The maximum Gasteiger partial charge on any atom is 0.326 e. The van der Waals surface area contributed by atoms with Gasteiger partial charge in [-0.2, -0.15) is 0 Å². The van der Waals surface area contributed by atoms with Crippen LogP contribution in [-0.4, -0.2) is 105 Å². The Morgan fingerprint density at radius 2 is 0.981 bits per heavy atom. The second-order valence-electron chi connectivity index (χ2n) is 13.5. The Balaban J connectivity index is 3.38. The van der Waals surface area contributed by atoms with Crippen LogP contribution in [0.3, 0.4) is 0 Å². The third kappa shape index (κ3) is 37.2. The van der Waals surface area contributed by atoms with Crippen molar-refractivity contribution in [2.45, 2.75) is 161 Å². The van der Waals surface area contributed by atoms with Crippen LogP contribution in [0.2, 0.25) is 0 Å². The zero-order chi connectivity index (χ0) is 38.3. The van der Waals surface area contributed by atoms with Crippen LogP contribution in [0.5, 0.6) is 0 Å². The molecule has 0 saturated heterocycles. The summed E-state index contributed by atoms with van der Waals surface area (Å²) in [6.07, 6.45) is 22.7. The number of ether oxygens (including phenoxy) is 4. The molecule has 304 valence electrons. The van der Waals surface area contributed by atoms with Crippen LogP contribution in [0.1, 0.15) is 155 Å². The van der Waals surface area contributed by atoms with Gasteiger partial charge in [0.25, 0.3) is 0 Å². The van der Waals surface area contributed by atoms with Gasteiger partial charge >= 0.3 is 11.9 Å². The van der Waals surface area contributed by atoms with Crippen molar-refractivity contribution in [3.63, 3.8) is 0 Å². The number of hydrogen-bond acceptors (Lipinski definition) is 9. The van der Waals surface area contributed by atoms with Crippen molar-refractivity contribution in [1.29, 1.82) is 0 Å². The summed E-state index contributed by atoms with van der Waals surface area (Å²) in [5.41, 5.74) is 0. The SMILES string of the molecule is CCCCC(NC(=O)COCCOCCCC(=O)COCCOCCNC(=O)CCCCCCCCCCCCCCCCCCC(=O)O)C(=O)O. The number of Topliss-reactive ketones (excluding diaryl/α,β-unsaturated/α-hetero) is 1. The first-order chi connectivity index (χ1) is 25.3. The van der Waals surface area contributed by atoms with Crippen LogP contribution in [0.15, 0.2) is 0 Å². The van der Waals surface area contributed by atoms with Crippen LogP contribution in [0.25, 0.3) is 0 Å². The quantitative estimate of drug-likeness (QED) is 0.0509. The topological polar surface area (TPSA) is 187 Å². The summed E-state index contributed by atoms with van der Waals surface area (Å²) in [6, 6.07) is -0.905. The lowest BCUT2D eigenvalue weighted by molar-refractivity contribution is -0.143. The molecule has 0 aliphatic carbocycles. The zero-order valence-electron chi connectivity index (χ0n) is 32.3. The van der Waals surface area contributed by atoms with Crippen molar-refractivity contribution in [2.75, 3.05) is 59.4 Å². The highest BCUT2D eigenvalue weighted by Crippen LogP contribution is 2.14. The number of unbranched alkanes of at least 4 members (excludes halogenated alkanes) is 16. The number of carboxylic acid groups (broad SMARTS) is 2. The molecule has 13 heteroatoms. The Morgan fingerprint density at radius 3 is 1.50 bits per heavy atom. The summed E-state index contributed by atoms with van der Waals surface area (Å²) in [6.45, 7) is 4.04. The third-order valence-electron chi connectivity index (χ3n) is 8.58. The maximum absolute atomic E-state index is 12.0. The molecule has 0 heterocycles. The molecular weight excluding hydrogens is 672 g/mol. The summed E-state index contributed by atoms with van der Waals surface area (Å²) >= 11 is 0. The fourth-order valence-electron chi connectivity index (χ4n) is 5.52. The molecule has 0 radical (unpaired) electrons. The first kappa shape index (κ1) is 49.4. The number of hydrogen-bond donors (Lipinski definition) is 4.